The zero-order valence-electron chi connectivity index (χ0n) is 26.7. The van der Waals surface area contributed by atoms with Gasteiger partial charge in [0.25, 0.3) is 11.8 Å². The number of methoxy groups -OCH3 is 4. The first-order chi connectivity index (χ1) is 22.7. The number of nitrogens with zero attached hydrogens (tertiary/aromatic N) is 2. The summed E-state index contributed by atoms with van der Waals surface area (Å²) in [5, 5.41) is 0. The molecule has 1 fully saturated rings. The molecule has 1 unspecified atom stereocenters. The van der Waals surface area contributed by atoms with Gasteiger partial charge in [0.1, 0.15) is 6.04 Å². The van der Waals surface area contributed by atoms with E-state index in [1.165, 1.54) is 19.1 Å². The van der Waals surface area contributed by atoms with Crippen molar-refractivity contribution in [2.45, 2.75) is 38.3 Å². The van der Waals surface area contributed by atoms with E-state index in [-0.39, 0.29) is 56.3 Å². The Labute approximate surface area is 272 Å². The van der Waals surface area contributed by atoms with Crippen LogP contribution in [0, 0.1) is 0 Å². The summed E-state index contributed by atoms with van der Waals surface area (Å²) in [5.74, 6) is 0.475. The van der Waals surface area contributed by atoms with E-state index in [4.69, 9.17) is 29.4 Å². The Balaban J connectivity index is 1.20. The highest BCUT2D eigenvalue weighted by molar-refractivity contribution is 6.06. The first kappa shape index (κ1) is 32.9. The van der Waals surface area contributed by atoms with Crippen LogP contribution in [-0.2, 0) is 20.9 Å². The largest absolute Gasteiger partial charge is 0.493 e. The second kappa shape index (κ2) is 14.3. The van der Waals surface area contributed by atoms with E-state index >= 15 is 0 Å². The van der Waals surface area contributed by atoms with Crippen molar-refractivity contribution in [2.24, 2.45) is 0 Å². The summed E-state index contributed by atoms with van der Waals surface area (Å²) >= 11 is 0. The zero-order valence-corrected chi connectivity index (χ0v) is 26.7. The maximum absolute atomic E-state index is 13.4. The number of hydrogen-bond acceptors (Lipinski definition) is 10. The van der Waals surface area contributed by atoms with E-state index in [2.05, 4.69) is 0 Å². The molecule has 2 aliphatic rings. The summed E-state index contributed by atoms with van der Waals surface area (Å²) in [4.78, 5) is 54.6. The topological polar surface area (TPSA) is 147 Å². The highest BCUT2D eigenvalue weighted by Crippen LogP contribution is 2.39. The van der Waals surface area contributed by atoms with Crippen molar-refractivity contribution in [3.63, 3.8) is 0 Å². The van der Waals surface area contributed by atoms with Crippen LogP contribution in [0.25, 0.3) is 12.2 Å². The van der Waals surface area contributed by atoms with Crippen LogP contribution in [-0.4, -0.2) is 74.5 Å². The van der Waals surface area contributed by atoms with Gasteiger partial charge in [0.05, 0.1) is 28.4 Å². The summed E-state index contributed by atoms with van der Waals surface area (Å²) in [6.45, 7) is 0.235. The lowest BCUT2D eigenvalue weighted by Crippen LogP contribution is -2.54. The van der Waals surface area contributed by atoms with Gasteiger partial charge in [0.2, 0.25) is 11.7 Å². The van der Waals surface area contributed by atoms with Gasteiger partial charge in [0.15, 0.2) is 23.0 Å². The quantitative estimate of drug-likeness (QED) is 0.0995. The smallest absolute Gasteiger partial charge is 0.311 e. The number of carbonyl (C=O) groups excluding carboxylic acids is 4. The van der Waals surface area contributed by atoms with E-state index in [0.29, 0.717) is 39.8 Å². The molecular formula is C35H37N3O9. The van der Waals surface area contributed by atoms with Crippen molar-refractivity contribution in [1.29, 1.82) is 0 Å². The van der Waals surface area contributed by atoms with Crippen molar-refractivity contribution >= 4 is 41.5 Å². The SMILES string of the molecule is COc1ccc(/C=C\c2cc(OC)c(OC)c(OC)c2)cc1OC(=O)CCCN1C(=O)CCC(N2Cc3c(N)cccc3C2=O)C1=O. The van der Waals surface area contributed by atoms with Gasteiger partial charge in [-0.25, -0.2) is 0 Å². The fraction of sp³-hybridized carbons (Fsp3) is 0.314. The number of imide groups is 1. The minimum atomic E-state index is -0.779. The standard InChI is InChI=1S/C35H37N3O9/c1-43-27-14-12-21(10-11-22-18-29(44-2)33(46-4)30(19-22)45-3)17-28(27)47-32(40)9-6-16-37-31(39)15-13-26(35(37)42)38-20-24-23(34(38)41)7-5-8-25(24)36/h5,7-8,10-12,14,17-19,26H,6,9,13,15-16,20,36H2,1-4H3/b11-10-. The van der Waals surface area contributed by atoms with Crippen molar-refractivity contribution in [3.8, 4) is 28.7 Å². The van der Waals surface area contributed by atoms with Crippen LogP contribution in [0.3, 0.4) is 0 Å². The fourth-order valence-electron chi connectivity index (χ4n) is 5.80. The number of piperidine rings is 1. The minimum Gasteiger partial charge on any atom is -0.493 e. The van der Waals surface area contributed by atoms with Crippen molar-refractivity contribution in [1.82, 2.24) is 9.80 Å². The molecule has 1 saturated heterocycles. The van der Waals surface area contributed by atoms with Crippen LogP contribution >= 0.6 is 0 Å². The molecule has 2 aliphatic heterocycles. The summed E-state index contributed by atoms with van der Waals surface area (Å²) in [6, 6.07) is 13.1. The molecule has 0 aliphatic carbocycles. The number of hydrogen-bond donors (Lipinski definition) is 1. The predicted molar refractivity (Wildman–Crippen MR) is 173 cm³/mol. The highest BCUT2D eigenvalue weighted by Gasteiger charge is 2.42. The number of ether oxygens (including phenoxy) is 5. The molecule has 3 aromatic carbocycles. The van der Waals surface area contributed by atoms with Crippen LogP contribution < -0.4 is 29.4 Å². The number of esters is 1. The normalized spacial score (nSPS) is 16.0. The number of nitrogens with two attached hydrogens (primary N) is 1. The Kier molecular flexibility index (Phi) is 9.98. The van der Waals surface area contributed by atoms with Crippen molar-refractivity contribution in [2.75, 3.05) is 40.7 Å². The van der Waals surface area contributed by atoms with Gasteiger partial charge in [-0.2, -0.15) is 0 Å². The molecule has 0 aromatic heterocycles. The molecule has 2 N–H and O–H groups in total. The third kappa shape index (κ3) is 6.86. The summed E-state index contributed by atoms with van der Waals surface area (Å²) in [5.41, 5.74) is 9.24. The monoisotopic (exact) mass is 643 g/mol. The third-order valence-electron chi connectivity index (χ3n) is 8.22. The Morgan fingerprint density at radius 3 is 2.21 bits per heavy atom. The summed E-state index contributed by atoms with van der Waals surface area (Å²) < 4.78 is 27.3. The van der Waals surface area contributed by atoms with E-state index < -0.39 is 17.9 Å². The van der Waals surface area contributed by atoms with Crippen molar-refractivity contribution < 1.29 is 42.9 Å². The molecule has 3 amide bonds. The summed E-state index contributed by atoms with van der Waals surface area (Å²) in [6.07, 6.45) is 4.17. The van der Waals surface area contributed by atoms with E-state index in [9.17, 15) is 19.2 Å². The lowest BCUT2D eigenvalue weighted by Gasteiger charge is -2.35. The van der Waals surface area contributed by atoms with Gasteiger partial charge in [0, 0.05) is 42.7 Å². The predicted octanol–water partition coefficient (Wildman–Crippen LogP) is 4.33. The van der Waals surface area contributed by atoms with Gasteiger partial charge in [-0.05, 0) is 60.4 Å². The Morgan fingerprint density at radius 1 is 0.872 bits per heavy atom. The molecule has 246 valence electrons. The molecule has 1 atom stereocenters. The van der Waals surface area contributed by atoms with E-state index in [1.54, 1.807) is 56.7 Å². The van der Waals surface area contributed by atoms with Crippen LogP contribution in [0.5, 0.6) is 28.7 Å². The molecule has 47 heavy (non-hydrogen) atoms. The fourth-order valence-corrected chi connectivity index (χ4v) is 5.80. The second-order valence-electron chi connectivity index (χ2n) is 11.0. The van der Waals surface area contributed by atoms with Crippen LogP contribution in [0.2, 0.25) is 0 Å². The Bertz CT molecular complexity index is 1710. The summed E-state index contributed by atoms with van der Waals surface area (Å²) in [7, 11) is 6.09. The van der Waals surface area contributed by atoms with E-state index in [0.717, 1.165) is 16.0 Å². The number of anilines is 1. The van der Waals surface area contributed by atoms with Crippen LogP contribution in [0.1, 0.15) is 52.7 Å². The number of carbonyl (C=O) groups is 4. The molecule has 12 heteroatoms. The Morgan fingerprint density at radius 2 is 1.55 bits per heavy atom. The number of fused-ring (bicyclic) bond motifs is 1. The zero-order chi connectivity index (χ0) is 33.7. The molecule has 3 aromatic rings. The number of likely N-dealkylation sites (tertiary alicyclic amines) is 1. The molecule has 2 heterocycles. The molecule has 12 nitrogen and oxygen atoms in total. The third-order valence-corrected chi connectivity index (χ3v) is 8.22. The highest BCUT2D eigenvalue weighted by atomic mass is 16.6. The van der Waals surface area contributed by atoms with Gasteiger partial charge in [-0.3, -0.25) is 24.1 Å². The molecule has 0 saturated carbocycles. The molecule has 0 radical (unpaired) electrons. The van der Waals surface area contributed by atoms with Crippen LogP contribution in [0.4, 0.5) is 5.69 Å². The lowest BCUT2D eigenvalue weighted by molar-refractivity contribution is -0.152. The van der Waals surface area contributed by atoms with Crippen LogP contribution in [0.15, 0.2) is 48.5 Å². The average molecular weight is 644 g/mol. The molecular weight excluding hydrogens is 606 g/mol. The van der Waals surface area contributed by atoms with Crippen molar-refractivity contribution in [3.05, 3.63) is 70.8 Å². The first-order valence-corrected chi connectivity index (χ1v) is 15.1. The molecule has 5 rings (SSSR count). The van der Waals surface area contributed by atoms with E-state index in [1.807, 2.05) is 18.2 Å². The Hall–Kier alpha value is -5.52. The minimum absolute atomic E-state index is 0.0229. The lowest BCUT2D eigenvalue weighted by atomic mass is 10.0. The number of amides is 3. The number of benzene rings is 3. The maximum atomic E-state index is 13.4. The average Bonchev–Trinajstić information content (AvgIpc) is 3.41. The maximum Gasteiger partial charge on any atom is 0.311 e. The molecule has 0 spiro atoms. The van der Waals surface area contributed by atoms with Gasteiger partial charge in [-0.15, -0.1) is 0 Å². The van der Waals surface area contributed by atoms with Gasteiger partial charge in [-0.1, -0.05) is 24.3 Å². The first-order valence-electron chi connectivity index (χ1n) is 15.1. The molecule has 0 bridgehead atoms. The van der Waals surface area contributed by atoms with Gasteiger partial charge >= 0.3 is 5.97 Å². The number of nitrogen functional groups attached to an aromatic ring is 1. The van der Waals surface area contributed by atoms with Gasteiger partial charge < -0.3 is 34.3 Å². The number of rotatable bonds is 12. The second-order valence-corrected chi connectivity index (χ2v) is 11.0.